The Bertz CT molecular complexity index is 795. The van der Waals surface area contributed by atoms with Crippen LogP contribution in [0, 0.1) is 0 Å². The summed E-state index contributed by atoms with van der Waals surface area (Å²) in [6, 6.07) is 3.52. The maximum Gasteiger partial charge on any atom is 0.490 e. The van der Waals surface area contributed by atoms with Gasteiger partial charge in [0.15, 0.2) is 0 Å². The van der Waals surface area contributed by atoms with Gasteiger partial charge in [-0.1, -0.05) is 0 Å². The second-order valence-corrected chi connectivity index (χ2v) is 7.24. The van der Waals surface area contributed by atoms with E-state index in [1.807, 2.05) is 4.90 Å². The lowest BCUT2D eigenvalue weighted by Crippen LogP contribution is -2.60. The number of rotatable bonds is 3. The Morgan fingerprint density at radius 2 is 1.97 bits per heavy atom. The molecule has 2 fully saturated rings. The molecule has 10 nitrogen and oxygen atoms in total. The zero-order valence-corrected chi connectivity index (χ0v) is 17.4. The van der Waals surface area contributed by atoms with Crippen LogP contribution in [0.15, 0.2) is 24.5 Å². The van der Waals surface area contributed by atoms with E-state index in [1.54, 1.807) is 36.5 Å². The molecule has 32 heavy (non-hydrogen) atoms. The van der Waals surface area contributed by atoms with Gasteiger partial charge < -0.3 is 24.8 Å². The number of pyridine rings is 1. The predicted molar refractivity (Wildman–Crippen MR) is 104 cm³/mol. The molecule has 1 aromatic heterocycles. The number of alkyl halides is 3. The van der Waals surface area contributed by atoms with E-state index >= 15 is 0 Å². The highest BCUT2D eigenvalue weighted by Gasteiger charge is 2.42. The van der Waals surface area contributed by atoms with Crippen molar-refractivity contribution in [2.45, 2.75) is 11.8 Å². The van der Waals surface area contributed by atoms with Crippen molar-refractivity contribution >= 4 is 17.8 Å². The second kappa shape index (κ2) is 11.2. The average Bonchev–Trinajstić information content (AvgIpc) is 2.95. The summed E-state index contributed by atoms with van der Waals surface area (Å²) in [6.07, 6.45) is -1.86. The topological polar surface area (TPSA) is 121 Å². The molecule has 1 aromatic rings. The fourth-order valence-electron chi connectivity index (χ4n) is 3.27. The van der Waals surface area contributed by atoms with Gasteiger partial charge in [0.2, 0.25) is 5.91 Å². The number of aliphatic carboxylic acids is 1. The number of amides is 2. The van der Waals surface area contributed by atoms with E-state index < -0.39 is 17.7 Å². The molecule has 2 amide bonds. The van der Waals surface area contributed by atoms with Gasteiger partial charge in [0.25, 0.3) is 5.91 Å². The van der Waals surface area contributed by atoms with Crippen LogP contribution in [0.2, 0.25) is 0 Å². The third-order valence-electron chi connectivity index (χ3n) is 4.76. The first-order chi connectivity index (χ1) is 15.1. The minimum atomic E-state index is -5.08. The molecule has 0 radical (unpaired) electrons. The summed E-state index contributed by atoms with van der Waals surface area (Å²) in [6.45, 7) is 3.87. The second-order valence-electron chi connectivity index (χ2n) is 7.24. The molecule has 178 valence electrons. The fraction of sp³-hybridized carbons (Fsp3) is 0.579. The number of carbonyl (C=O) groups excluding carboxylic acids is 2. The van der Waals surface area contributed by atoms with Gasteiger partial charge in [0, 0.05) is 39.1 Å². The molecule has 3 heterocycles. The van der Waals surface area contributed by atoms with E-state index in [0.717, 1.165) is 0 Å². The van der Waals surface area contributed by atoms with Crippen LogP contribution in [0.25, 0.3) is 0 Å². The molecular formula is C19H25F3N4O6. The van der Waals surface area contributed by atoms with E-state index in [9.17, 15) is 22.8 Å². The van der Waals surface area contributed by atoms with Crippen molar-refractivity contribution in [3.05, 3.63) is 30.1 Å². The van der Waals surface area contributed by atoms with Crippen LogP contribution in [0.5, 0.6) is 0 Å². The van der Waals surface area contributed by atoms with Crippen molar-refractivity contribution in [2.75, 3.05) is 59.6 Å². The summed E-state index contributed by atoms with van der Waals surface area (Å²) >= 11 is 0. The fourth-order valence-corrected chi connectivity index (χ4v) is 3.27. The van der Waals surface area contributed by atoms with E-state index in [2.05, 4.69) is 10.3 Å². The zero-order valence-electron chi connectivity index (χ0n) is 17.4. The number of morpholine rings is 1. The summed E-state index contributed by atoms with van der Waals surface area (Å²) in [5.41, 5.74) is -0.0445. The molecule has 2 aliphatic heterocycles. The molecule has 0 saturated carbocycles. The highest BCUT2D eigenvalue weighted by Crippen LogP contribution is 2.23. The number of nitrogens with one attached hydrogen (secondary N) is 1. The largest absolute Gasteiger partial charge is 0.490 e. The van der Waals surface area contributed by atoms with Crippen molar-refractivity contribution in [3.8, 4) is 0 Å². The Morgan fingerprint density at radius 1 is 1.25 bits per heavy atom. The number of hydrogen-bond acceptors (Lipinski definition) is 7. The first-order valence-electron chi connectivity index (χ1n) is 9.70. The van der Waals surface area contributed by atoms with Crippen molar-refractivity contribution in [1.82, 2.24) is 20.1 Å². The Kier molecular flexibility index (Phi) is 8.92. The molecule has 0 aromatic carbocycles. The quantitative estimate of drug-likeness (QED) is 0.644. The molecular weight excluding hydrogens is 437 g/mol. The summed E-state index contributed by atoms with van der Waals surface area (Å²) in [4.78, 5) is 41.2. The summed E-state index contributed by atoms with van der Waals surface area (Å²) < 4.78 is 43.5. The van der Waals surface area contributed by atoms with E-state index in [0.29, 0.717) is 58.1 Å². The third kappa shape index (κ3) is 7.43. The summed E-state index contributed by atoms with van der Waals surface area (Å²) in [5.74, 6) is -2.86. The van der Waals surface area contributed by atoms with Gasteiger partial charge in [-0.15, -0.1) is 0 Å². The van der Waals surface area contributed by atoms with Crippen molar-refractivity contribution < 1.29 is 42.1 Å². The van der Waals surface area contributed by atoms with E-state index in [1.165, 1.54) is 0 Å². The monoisotopic (exact) mass is 462 g/mol. The standard InChI is InChI=1S/C17H24N4O4.C2HF3O2/c1-18-15(22)10-20-5-7-24-13-17(11-20)12-21(6-8-25-17)16(23)14-3-2-4-19-9-14;3-2(4,5)1(6)7/h2-4,9H,5-8,10-13H2,1H3,(H,18,22);(H,6,7). The van der Waals surface area contributed by atoms with Crippen molar-refractivity contribution in [2.24, 2.45) is 0 Å². The lowest BCUT2D eigenvalue weighted by Gasteiger charge is -2.43. The van der Waals surface area contributed by atoms with E-state index in [-0.39, 0.29) is 11.8 Å². The van der Waals surface area contributed by atoms with Crippen LogP contribution >= 0.6 is 0 Å². The van der Waals surface area contributed by atoms with Crippen LogP contribution < -0.4 is 5.32 Å². The number of carboxylic acids is 1. The zero-order chi connectivity index (χ0) is 23.8. The van der Waals surface area contributed by atoms with Gasteiger partial charge in [-0.05, 0) is 12.1 Å². The molecule has 1 atom stereocenters. The highest BCUT2D eigenvalue weighted by molar-refractivity contribution is 5.94. The van der Waals surface area contributed by atoms with Gasteiger partial charge in [0.05, 0.1) is 38.5 Å². The first-order valence-corrected chi connectivity index (χ1v) is 9.70. The number of aromatic nitrogens is 1. The Morgan fingerprint density at radius 3 is 2.56 bits per heavy atom. The van der Waals surface area contributed by atoms with Gasteiger partial charge in [-0.3, -0.25) is 19.5 Å². The number of nitrogens with zero attached hydrogens (tertiary/aromatic N) is 3. The van der Waals surface area contributed by atoms with Crippen molar-refractivity contribution in [3.63, 3.8) is 0 Å². The number of hydrogen-bond donors (Lipinski definition) is 2. The van der Waals surface area contributed by atoms with Crippen molar-refractivity contribution in [1.29, 1.82) is 0 Å². The molecule has 1 spiro atoms. The lowest BCUT2D eigenvalue weighted by atomic mass is 10.0. The average molecular weight is 462 g/mol. The molecule has 2 N–H and O–H groups in total. The number of carbonyl (C=O) groups is 3. The van der Waals surface area contributed by atoms with E-state index in [4.69, 9.17) is 19.4 Å². The lowest BCUT2D eigenvalue weighted by molar-refractivity contribution is -0.192. The molecule has 3 rings (SSSR count). The maximum absolute atomic E-state index is 12.7. The number of ether oxygens (including phenoxy) is 2. The smallest absolute Gasteiger partial charge is 0.475 e. The molecule has 0 aliphatic carbocycles. The molecule has 1 unspecified atom stereocenters. The molecule has 2 saturated heterocycles. The molecule has 2 aliphatic rings. The number of carboxylic acid groups (broad SMARTS) is 1. The minimum absolute atomic E-state index is 0.0452. The highest BCUT2D eigenvalue weighted by atomic mass is 19.4. The first kappa shape index (κ1) is 25.5. The normalized spacial score (nSPS) is 21.8. The van der Waals surface area contributed by atoms with Crippen LogP contribution in [0.4, 0.5) is 13.2 Å². The Labute approximate surface area is 182 Å². The van der Waals surface area contributed by atoms with Gasteiger partial charge >= 0.3 is 12.1 Å². The van der Waals surface area contributed by atoms with Gasteiger partial charge in [-0.25, -0.2) is 4.79 Å². The van der Waals surface area contributed by atoms with Crippen LogP contribution in [-0.2, 0) is 19.1 Å². The molecule has 13 heteroatoms. The minimum Gasteiger partial charge on any atom is -0.475 e. The molecule has 0 bridgehead atoms. The Hall–Kier alpha value is -2.77. The summed E-state index contributed by atoms with van der Waals surface area (Å²) in [5, 5.41) is 9.76. The van der Waals surface area contributed by atoms with Crippen LogP contribution in [-0.4, -0.2) is 109 Å². The SMILES string of the molecule is CNC(=O)CN1CCOCC2(C1)CN(C(=O)c1cccnc1)CCO2.O=C(O)C(F)(F)F. The van der Waals surface area contributed by atoms with Crippen LogP contribution in [0.1, 0.15) is 10.4 Å². The van der Waals surface area contributed by atoms with Gasteiger partial charge in [-0.2, -0.15) is 13.2 Å². The predicted octanol–water partition coefficient (Wildman–Crippen LogP) is 0.00430. The Balaban J connectivity index is 0.000000451. The number of likely N-dealkylation sites (N-methyl/N-ethyl adjacent to an activating group) is 1. The summed E-state index contributed by atoms with van der Waals surface area (Å²) in [7, 11) is 1.62. The maximum atomic E-state index is 12.7. The van der Waals surface area contributed by atoms with Gasteiger partial charge in [0.1, 0.15) is 5.60 Å². The third-order valence-corrected chi connectivity index (χ3v) is 4.76. The van der Waals surface area contributed by atoms with Crippen LogP contribution in [0.3, 0.4) is 0 Å². The number of halogens is 3.